The zero-order chi connectivity index (χ0) is 19.9. The maximum atomic E-state index is 14.3. The van der Waals surface area contributed by atoms with Crippen LogP contribution in [0.3, 0.4) is 0 Å². The van der Waals surface area contributed by atoms with E-state index in [0.717, 1.165) is 17.8 Å². The lowest BCUT2D eigenvalue weighted by Gasteiger charge is -2.27. The Hall–Kier alpha value is -2.13. The van der Waals surface area contributed by atoms with Crippen molar-refractivity contribution in [3.05, 3.63) is 64.2 Å². The fraction of sp³-hybridized carbons (Fsp3) is 0.176. The van der Waals surface area contributed by atoms with E-state index in [-0.39, 0.29) is 27.6 Å². The molecule has 1 aliphatic rings. The summed E-state index contributed by atoms with van der Waals surface area (Å²) in [6, 6.07) is 7.46. The lowest BCUT2D eigenvalue weighted by molar-refractivity contribution is -0.0604. The van der Waals surface area contributed by atoms with E-state index in [1.54, 1.807) is 0 Å². The molecule has 0 saturated carbocycles. The highest BCUT2D eigenvalue weighted by Crippen LogP contribution is 2.46. The molecule has 0 saturated heterocycles. The highest BCUT2D eigenvalue weighted by Gasteiger charge is 2.43. The van der Waals surface area contributed by atoms with Gasteiger partial charge in [0.1, 0.15) is 5.84 Å². The predicted molar refractivity (Wildman–Crippen MR) is 96.1 cm³/mol. The number of fused-ring (bicyclic) bond motifs is 1. The Morgan fingerprint density at radius 1 is 1.15 bits per heavy atom. The van der Waals surface area contributed by atoms with Crippen molar-refractivity contribution in [2.24, 2.45) is 0 Å². The normalized spacial score (nSPS) is 17.5. The van der Waals surface area contributed by atoms with Gasteiger partial charge in [-0.2, -0.15) is 13.2 Å². The summed E-state index contributed by atoms with van der Waals surface area (Å²) >= 11 is 6.94. The molecule has 0 spiro atoms. The first-order valence-corrected chi connectivity index (χ1v) is 8.92. The van der Waals surface area contributed by atoms with E-state index >= 15 is 0 Å². The van der Waals surface area contributed by atoms with Gasteiger partial charge in [0, 0.05) is 10.6 Å². The van der Waals surface area contributed by atoms with Crippen molar-refractivity contribution in [2.75, 3.05) is 10.7 Å². The third-order valence-electron chi connectivity index (χ3n) is 3.93. The van der Waals surface area contributed by atoms with E-state index in [4.69, 9.17) is 22.4 Å². The Bertz CT molecular complexity index is 931. The summed E-state index contributed by atoms with van der Waals surface area (Å²) < 4.78 is 67.5. The molecule has 1 unspecified atom stereocenters. The number of thioether (sulfide) groups is 1. The van der Waals surface area contributed by atoms with Gasteiger partial charge in [0.2, 0.25) is 5.84 Å². The molecular weight excluding hydrogens is 409 g/mol. The quantitative estimate of drug-likeness (QED) is 0.350. The smallest absolute Gasteiger partial charge is 0.287 e. The number of nitrogens with one attached hydrogen (secondary N) is 2. The van der Waals surface area contributed by atoms with Crippen LogP contribution in [0.1, 0.15) is 16.4 Å². The molecule has 0 fully saturated rings. The summed E-state index contributed by atoms with van der Waals surface area (Å²) in [5.74, 6) is -4.68. The molecule has 0 aromatic heterocycles. The number of hydrogen-bond donors (Lipinski definition) is 2. The second kappa shape index (κ2) is 7.12. The van der Waals surface area contributed by atoms with Crippen molar-refractivity contribution < 1.29 is 22.0 Å². The van der Waals surface area contributed by atoms with Crippen molar-refractivity contribution in [1.29, 1.82) is 10.8 Å². The van der Waals surface area contributed by atoms with Crippen molar-refractivity contribution in [1.82, 2.24) is 0 Å². The van der Waals surface area contributed by atoms with Crippen LogP contribution < -0.4 is 4.90 Å². The van der Waals surface area contributed by atoms with Crippen LogP contribution in [0.5, 0.6) is 0 Å². The van der Waals surface area contributed by atoms with Crippen LogP contribution in [-0.4, -0.2) is 23.6 Å². The molecule has 0 radical (unpaired) electrons. The summed E-state index contributed by atoms with van der Waals surface area (Å²) in [6.07, 6.45) is -4.99. The van der Waals surface area contributed by atoms with Crippen molar-refractivity contribution in [3.8, 4) is 0 Å². The van der Waals surface area contributed by atoms with Gasteiger partial charge in [-0.1, -0.05) is 23.7 Å². The van der Waals surface area contributed by atoms with E-state index in [1.165, 1.54) is 30.3 Å². The number of nitrogens with zero attached hydrogens (tertiary/aromatic N) is 1. The Morgan fingerprint density at radius 3 is 2.52 bits per heavy atom. The van der Waals surface area contributed by atoms with E-state index < -0.39 is 34.7 Å². The fourth-order valence-corrected chi connectivity index (χ4v) is 4.13. The van der Waals surface area contributed by atoms with E-state index in [1.807, 2.05) is 0 Å². The molecule has 1 heterocycles. The lowest BCUT2D eigenvalue weighted by Crippen LogP contribution is -2.45. The van der Waals surface area contributed by atoms with Crippen molar-refractivity contribution in [2.45, 2.75) is 11.4 Å². The molecule has 142 valence electrons. The largest absolute Gasteiger partial charge is 0.449 e. The Labute approximate surface area is 160 Å². The molecule has 1 atom stereocenters. The van der Waals surface area contributed by atoms with Gasteiger partial charge in [-0.15, -0.1) is 11.8 Å². The Morgan fingerprint density at radius 2 is 1.85 bits per heavy atom. The first-order valence-electron chi connectivity index (χ1n) is 7.49. The molecule has 2 aromatic rings. The monoisotopic (exact) mass is 419 g/mol. The predicted octanol–water partition coefficient (Wildman–Crippen LogP) is 5.78. The molecule has 0 bridgehead atoms. The van der Waals surface area contributed by atoms with Gasteiger partial charge in [-0.25, -0.2) is 8.78 Å². The van der Waals surface area contributed by atoms with Gasteiger partial charge >= 0.3 is 6.18 Å². The molecule has 10 heteroatoms. The second-order valence-electron chi connectivity index (χ2n) is 5.67. The molecule has 0 aliphatic carbocycles. The summed E-state index contributed by atoms with van der Waals surface area (Å²) in [7, 11) is 0. The van der Waals surface area contributed by atoms with E-state index in [2.05, 4.69) is 0 Å². The van der Waals surface area contributed by atoms with E-state index in [0.29, 0.717) is 4.90 Å². The number of hydrogen-bond acceptors (Lipinski definition) is 3. The van der Waals surface area contributed by atoms with Crippen molar-refractivity contribution >= 4 is 40.7 Å². The second-order valence-corrected chi connectivity index (χ2v) is 7.20. The minimum Gasteiger partial charge on any atom is -0.287 e. The molecule has 27 heavy (non-hydrogen) atoms. The molecule has 1 aliphatic heterocycles. The van der Waals surface area contributed by atoms with Gasteiger partial charge < -0.3 is 0 Å². The SMILES string of the molecule is N=C1CSC(c2cccc(F)c2F)c2cc(Cl)ccc2N1C(=N)C(F)(F)F. The van der Waals surface area contributed by atoms with Gasteiger partial charge in [0.15, 0.2) is 11.6 Å². The molecule has 2 N–H and O–H groups in total. The molecule has 0 amide bonds. The average molecular weight is 420 g/mol. The van der Waals surface area contributed by atoms with E-state index in [9.17, 15) is 22.0 Å². The highest BCUT2D eigenvalue weighted by molar-refractivity contribution is 8.00. The average Bonchev–Trinajstić information content (AvgIpc) is 2.72. The molecule has 2 aromatic carbocycles. The Kier molecular flexibility index (Phi) is 5.18. The van der Waals surface area contributed by atoms with Crippen LogP contribution >= 0.6 is 23.4 Å². The number of anilines is 1. The summed E-state index contributed by atoms with van der Waals surface area (Å²) in [5, 5.41) is 14.8. The van der Waals surface area contributed by atoms with Crippen LogP contribution in [-0.2, 0) is 0 Å². The van der Waals surface area contributed by atoms with Gasteiger partial charge in [-0.05, 0) is 29.8 Å². The van der Waals surface area contributed by atoms with Gasteiger partial charge in [0.25, 0.3) is 0 Å². The first kappa shape index (κ1) is 19.6. The Balaban J connectivity index is 2.22. The maximum Gasteiger partial charge on any atom is 0.449 e. The summed E-state index contributed by atoms with van der Waals surface area (Å²) in [4.78, 5) is 0.454. The molecule has 3 rings (SSSR count). The minimum absolute atomic E-state index is 0.0725. The minimum atomic E-state index is -4.99. The number of halogens is 6. The highest BCUT2D eigenvalue weighted by atomic mass is 35.5. The molecule has 3 nitrogen and oxygen atoms in total. The topological polar surface area (TPSA) is 50.9 Å². The number of alkyl halides is 3. The van der Waals surface area contributed by atoms with Crippen LogP contribution in [0.2, 0.25) is 5.02 Å². The van der Waals surface area contributed by atoms with Gasteiger partial charge in [-0.3, -0.25) is 15.7 Å². The molecular formula is C17H11ClF5N3S. The summed E-state index contributed by atoms with van der Waals surface area (Å²) in [5.41, 5.74) is -0.0321. The van der Waals surface area contributed by atoms with Crippen LogP contribution in [0, 0.1) is 22.5 Å². The zero-order valence-corrected chi connectivity index (χ0v) is 14.9. The van der Waals surface area contributed by atoms with Crippen LogP contribution in [0.4, 0.5) is 27.6 Å². The lowest BCUT2D eigenvalue weighted by atomic mass is 10.0. The van der Waals surface area contributed by atoms with Gasteiger partial charge in [0.05, 0.1) is 16.7 Å². The standard InChI is InChI=1S/C17H11ClF5N3S/c18-8-4-5-12-10(6-8)15(9-2-1-3-11(19)14(9)20)27-7-13(24)26(12)16(25)17(21,22)23/h1-6,15,24-25H,7H2. The van der Waals surface area contributed by atoms with Crippen molar-refractivity contribution in [3.63, 3.8) is 0 Å². The van der Waals surface area contributed by atoms with Crippen LogP contribution in [0.15, 0.2) is 36.4 Å². The maximum absolute atomic E-state index is 14.3. The first-order chi connectivity index (χ1) is 12.6. The number of amidine groups is 2. The summed E-state index contributed by atoms with van der Waals surface area (Å²) in [6.45, 7) is 0. The van der Waals surface area contributed by atoms with Crippen LogP contribution in [0.25, 0.3) is 0 Å². The number of rotatable bonds is 1. The third kappa shape index (κ3) is 3.66. The third-order valence-corrected chi connectivity index (χ3v) is 5.44. The fourth-order valence-electron chi connectivity index (χ4n) is 2.76. The number of benzene rings is 2. The zero-order valence-electron chi connectivity index (χ0n) is 13.4.